The second-order valence-corrected chi connectivity index (χ2v) is 5.13. The van der Waals surface area contributed by atoms with Crippen LogP contribution in [-0.4, -0.2) is 19.1 Å². The molecule has 0 bridgehead atoms. The van der Waals surface area contributed by atoms with Crippen LogP contribution in [0.5, 0.6) is 11.5 Å². The molecule has 27 heavy (non-hydrogen) atoms. The van der Waals surface area contributed by atoms with E-state index in [1.54, 1.807) is 0 Å². The van der Waals surface area contributed by atoms with Crippen LogP contribution in [0.25, 0.3) is 6.08 Å². The summed E-state index contributed by atoms with van der Waals surface area (Å²) in [5.74, 6) is -1.74. The fourth-order valence-corrected chi connectivity index (χ4v) is 2.04. The number of nitrogens with one attached hydrogen (secondary N) is 1. The van der Waals surface area contributed by atoms with Gasteiger partial charge in [0, 0.05) is 24.3 Å². The first-order valence-corrected chi connectivity index (χ1v) is 7.57. The zero-order valence-electron chi connectivity index (χ0n) is 13.7. The van der Waals surface area contributed by atoms with Crippen LogP contribution < -0.4 is 14.8 Å². The fourth-order valence-electron chi connectivity index (χ4n) is 2.04. The molecule has 0 unspecified atom stereocenters. The summed E-state index contributed by atoms with van der Waals surface area (Å²) in [6, 6.07) is 8.67. The van der Waals surface area contributed by atoms with E-state index in [-0.39, 0.29) is 17.9 Å². The van der Waals surface area contributed by atoms with Gasteiger partial charge < -0.3 is 14.8 Å². The summed E-state index contributed by atoms with van der Waals surface area (Å²) in [7, 11) is 0. The summed E-state index contributed by atoms with van der Waals surface area (Å²) >= 11 is 0. The monoisotopic (exact) mass is 387 g/mol. The Morgan fingerprint density at radius 3 is 2.30 bits per heavy atom. The van der Waals surface area contributed by atoms with Gasteiger partial charge in [0.1, 0.15) is 17.3 Å². The smallest absolute Gasteiger partial charge is 0.387 e. The lowest BCUT2D eigenvalue weighted by molar-refractivity contribution is -0.116. The van der Waals surface area contributed by atoms with Crippen LogP contribution in [0.4, 0.5) is 22.0 Å². The highest BCUT2D eigenvalue weighted by Gasteiger charge is 2.12. The largest absolute Gasteiger partial charge is 0.435 e. The van der Waals surface area contributed by atoms with E-state index in [0.29, 0.717) is 5.56 Å². The first-order valence-electron chi connectivity index (χ1n) is 7.57. The number of carbonyl (C=O) groups excluding carboxylic acids is 1. The number of rotatable bonds is 8. The molecular weight excluding hydrogens is 373 g/mol. The molecule has 2 aromatic rings. The number of carbonyl (C=O) groups is 1. The third kappa shape index (κ3) is 6.96. The Morgan fingerprint density at radius 2 is 1.67 bits per heavy atom. The lowest BCUT2D eigenvalue weighted by Gasteiger charge is -2.11. The van der Waals surface area contributed by atoms with Crippen molar-refractivity contribution in [1.29, 1.82) is 0 Å². The number of halogens is 5. The normalized spacial score (nSPS) is 11.2. The fraction of sp³-hybridized carbons (Fsp3) is 0.167. The molecule has 0 fully saturated rings. The maximum Gasteiger partial charge on any atom is 0.387 e. The van der Waals surface area contributed by atoms with Gasteiger partial charge in [-0.25, -0.2) is 4.39 Å². The van der Waals surface area contributed by atoms with Crippen molar-refractivity contribution in [2.45, 2.75) is 19.8 Å². The van der Waals surface area contributed by atoms with Crippen LogP contribution in [-0.2, 0) is 11.3 Å². The summed E-state index contributed by atoms with van der Waals surface area (Å²) in [5.41, 5.74) is 0.724. The van der Waals surface area contributed by atoms with Crippen LogP contribution in [0.15, 0.2) is 48.5 Å². The van der Waals surface area contributed by atoms with Crippen molar-refractivity contribution in [3.63, 3.8) is 0 Å². The average molecular weight is 387 g/mol. The van der Waals surface area contributed by atoms with E-state index < -0.39 is 30.7 Å². The maximum atomic E-state index is 12.8. The molecule has 0 radical (unpaired) electrons. The van der Waals surface area contributed by atoms with Crippen LogP contribution in [0.2, 0.25) is 0 Å². The molecular formula is C18H14F5NO3. The zero-order chi connectivity index (χ0) is 19.8. The molecule has 0 saturated heterocycles. The van der Waals surface area contributed by atoms with Crippen molar-refractivity contribution in [1.82, 2.24) is 5.32 Å². The second kappa shape index (κ2) is 9.56. The highest BCUT2D eigenvalue weighted by atomic mass is 19.3. The molecule has 0 spiro atoms. The molecule has 144 valence electrons. The van der Waals surface area contributed by atoms with Crippen LogP contribution >= 0.6 is 0 Å². The Labute approximate surface area is 151 Å². The molecule has 1 N–H and O–H groups in total. The van der Waals surface area contributed by atoms with Gasteiger partial charge in [-0.15, -0.1) is 0 Å². The van der Waals surface area contributed by atoms with Gasteiger partial charge in [0.2, 0.25) is 5.91 Å². The van der Waals surface area contributed by atoms with Crippen molar-refractivity contribution in [2.75, 3.05) is 0 Å². The summed E-state index contributed by atoms with van der Waals surface area (Å²) in [6.07, 6.45) is 2.24. The van der Waals surface area contributed by atoms with E-state index in [4.69, 9.17) is 0 Å². The summed E-state index contributed by atoms with van der Waals surface area (Å²) in [6.45, 7) is -6.18. The Balaban J connectivity index is 2.04. The lowest BCUT2D eigenvalue weighted by atomic mass is 10.1. The SMILES string of the molecule is O=C(/C=C/c1ccc(OC(F)F)cc1OC(F)F)NCc1ccc(F)cc1. The minimum atomic E-state index is -3.19. The van der Waals surface area contributed by atoms with Gasteiger partial charge in [-0.2, -0.15) is 17.6 Å². The number of benzene rings is 2. The molecule has 2 rings (SSSR count). The van der Waals surface area contributed by atoms with Gasteiger partial charge in [-0.3, -0.25) is 4.79 Å². The van der Waals surface area contributed by atoms with Gasteiger partial charge in [0.25, 0.3) is 0 Å². The highest BCUT2D eigenvalue weighted by Crippen LogP contribution is 2.28. The molecule has 2 aromatic carbocycles. The minimum Gasteiger partial charge on any atom is -0.435 e. The first-order chi connectivity index (χ1) is 12.8. The average Bonchev–Trinajstić information content (AvgIpc) is 2.59. The Bertz CT molecular complexity index is 794. The number of alkyl halides is 4. The van der Waals surface area contributed by atoms with Gasteiger partial charge in [0.05, 0.1) is 0 Å². The molecule has 0 saturated carbocycles. The van der Waals surface area contributed by atoms with Crippen LogP contribution in [0.3, 0.4) is 0 Å². The molecule has 9 heteroatoms. The molecule has 0 aliphatic heterocycles. The third-order valence-corrected chi connectivity index (χ3v) is 3.22. The van der Waals surface area contributed by atoms with E-state index in [1.807, 2.05) is 0 Å². The number of hydrogen-bond acceptors (Lipinski definition) is 3. The predicted octanol–water partition coefficient (Wildman–Crippen LogP) is 4.36. The minimum absolute atomic E-state index is 0.0637. The number of amides is 1. The molecule has 0 aliphatic carbocycles. The van der Waals surface area contributed by atoms with E-state index in [2.05, 4.69) is 14.8 Å². The quantitative estimate of drug-likeness (QED) is 0.541. The Kier molecular flexibility index (Phi) is 7.16. The molecule has 0 aliphatic rings. The maximum absolute atomic E-state index is 12.8. The number of hydrogen-bond donors (Lipinski definition) is 1. The third-order valence-electron chi connectivity index (χ3n) is 3.22. The second-order valence-electron chi connectivity index (χ2n) is 5.13. The summed E-state index contributed by atoms with van der Waals surface area (Å²) in [4.78, 5) is 11.8. The lowest BCUT2D eigenvalue weighted by Crippen LogP contribution is -2.20. The topological polar surface area (TPSA) is 47.6 Å². The predicted molar refractivity (Wildman–Crippen MR) is 87.0 cm³/mol. The van der Waals surface area contributed by atoms with Gasteiger partial charge in [0.15, 0.2) is 0 Å². The zero-order valence-corrected chi connectivity index (χ0v) is 13.7. The van der Waals surface area contributed by atoms with Crippen LogP contribution in [0.1, 0.15) is 11.1 Å². The van der Waals surface area contributed by atoms with Crippen molar-refractivity contribution >= 4 is 12.0 Å². The molecule has 0 atom stereocenters. The molecule has 4 nitrogen and oxygen atoms in total. The van der Waals surface area contributed by atoms with Gasteiger partial charge in [-0.05, 0) is 35.9 Å². The summed E-state index contributed by atoms with van der Waals surface area (Å²) in [5, 5.41) is 2.53. The first kappa shape index (κ1) is 20.2. The van der Waals surface area contributed by atoms with E-state index >= 15 is 0 Å². The Morgan fingerprint density at radius 1 is 1.00 bits per heavy atom. The van der Waals surface area contributed by atoms with Crippen molar-refractivity contribution in [2.24, 2.45) is 0 Å². The van der Waals surface area contributed by atoms with E-state index in [9.17, 15) is 26.7 Å². The molecule has 0 aromatic heterocycles. The Hall–Kier alpha value is -3.10. The van der Waals surface area contributed by atoms with Crippen molar-refractivity contribution in [3.8, 4) is 11.5 Å². The number of ether oxygens (including phenoxy) is 2. The van der Waals surface area contributed by atoms with Gasteiger partial charge in [-0.1, -0.05) is 12.1 Å². The molecule has 1 amide bonds. The van der Waals surface area contributed by atoms with E-state index in [0.717, 1.165) is 18.2 Å². The van der Waals surface area contributed by atoms with Crippen molar-refractivity contribution in [3.05, 3.63) is 65.5 Å². The standard InChI is InChI=1S/C18H14F5NO3/c19-13-5-1-11(2-6-13)10-24-16(25)8-4-12-3-7-14(26-17(20)21)9-15(12)27-18(22)23/h1-9,17-18H,10H2,(H,24,25)/b8-4+. The van der Waals surface area contributed by atoms with E-state index in [1.165, 1.54) is 36.4 Å². The molecule has 0 heterocycles. The summed E-state index contributed by atoms with van der Waals surface area (Å²) < 4.78 is 70.6. The van der Waals surface area contributed by atoms with Crippen LogP contribution in [0, 0.1) is 5.82 Å². The van der Waals surface area contributed by atoms with Gasteiger partial charge >= 0.3 is 13.2 Å². The highest BCUT2D eigenvalue weighted by molar-refractivity contribution is 5.92. The van der Waals surface area contributed by atoms with Crippen molar-refractivity contribution < 1.29 is 36.2 Å².